The maximum absolute atomic E-state index is 5.92. The largest absolute Gasteiger partial charge is 0.309 e. The Balaban J connectivity index is 2.17. The molecule has 1 rings (SSSR count). The third-order valence-corrected chi connectivity index (χ3v) is 3.97. The summed E-state index contributed by atoms with van der Waals surface area (Å²) >= 11 is 5.24. The summed E-state index contributed by atoms with van der Waals surface area (Å²) in [4.78, 5) is 0. The molecule has 0 amide bonds. The summed E-state index contributed by atoms with van der Waals surface area (Å²) < 4.78 is 1.63. The normalized spacial score (nSPS) is 14.6. The molecule has 5 N–H and O–H groups in total. The summed E-state index contributed by atoms with van der Waals surface area (Å²) in [6, 6.07) is 0. The van der Waals surface area contributed by atoms with Gasteiger partial charge in [0.05, 0.1) is 6.67 Å². The first-order chi connectivity index (χ1) is 7.64. The molecule has 0 aliphatic heterocycles. The number of hydrogen-bond donors (Lipinski definition) is 4. The number of nitrogens with one attached hydrogen (secondary N) is 3. The van der Waals surface area contributed by atoms with Crippen LogP contribution in [-0.4, -0.2) is 28.1 Å². The van der Waals surface area contributed by atoms with E-state index in [2.05, 4.69) is 32.7 Å². The van der Waals surface area contributed by atoms with Gasteiger partial charge in [-0.3, -0.25) is 10.6 Å². The first-order valence-corrected chi connectivity index (χ1v) is 7.98. The predicted octanol–water partition coefficient (Wildman–Crippen LogP) is -0.0584. The number of hydrogen-bond acceptors (Lipinski definition) is 4. The van der Waals surface area contributed by atoms with Crippen LogP contribution in [0.15, 0.2) is 12.7 Å². The molecule has 0 bridgehead atoms. The van der Waals surface area contributed by atoms with E-state index in [4.69, 9.17) is 17.3 Å². The van der Waals surface area contributed by atoms with E-state index >= 15 is 0 Å². The van der Waals surface area contributed by atoms with Crippen LogP contribution in [0.2, 0.25) is 0 Å². The molecule has 0 spiro atoms. The van der Waals surface area contributed by atoms with Crippen molar-refractivity contribution in [2.24, 2.45) is 5.50 Å². The first-order valence-electron chi connectivity index (χ1n) is 5.11. The Labute approximate surface area is 100 Å². The molecule has 0 aromatic carbocycles. The second-order valence-electron chi connectivity index (χ2n) is 3.28. The zero-order valence-corrected chi connectivity index (χ0v) is 11.0. The van der Waals surface area contributed by atoms with Crippen LogP contribution in [0.4, 0.5) is 0 Å². The Bertz CT molecular complexity index is 327. The number of nitrogens with zero attached hydrogens (tertiary/aromatic N) is 3. The first kappa shape index (κ1) is 13.5. The van der Waals surface area contributed by atoms with Crippen molar-refractivity contribution in [3.8, 4) is 0 Å². The van der Waals surface area contributed by atoms with Crippen LogP contribution in [-0.2, 0) is 11.8 Å². The third-order valence-electron chi connectivity index (χ3n) is 1.87. The molecule has 9 heteroatoms. The Morgan fingerprint density at radius 2 is 2.06 bits per heavy atom. The Morgan fingerprint density at radius 1 is 1.38 bits per heavy atom. The average molecular weight is 263 g/mol. The molecule has 0 saturated heterocycles. The molecule has 92 valence electrons. The van der Waals surface area contributed by atoms with Gasteiger partial charge >= 0.3 is 0 Å². The lowest BCUT2D eigenvalue weighted by atomic mass is 10.3. The number of unbranched alkanes of at least 4 members (excludes halogenated alkanes) is 1. The second-order valence-corrected chi connectivity index (χ2v) is 6.96. The molecule has 0 aliphatic carbocycles. The lowest BCUT2D eigenvalue weighted by molar-refractivity contribution is 0.755. The Hall–Kier alpha value is -0.530. The van der Waals surface area contributed by atoms with Gasteiger partial charge < -0.3 is 5.43 Å². The van der Waals surface area contributed by atoms with E-state index in [1.54, 1.807) is 17.3 Å². The lowest BCUT2D eigenvalue weighted by Crippen LogP contribution is -2.33. The van der Waals surface area contributed by atoms with Gasteiger partial charge in [-0.25, -0.2) is 9.76 Å². The van der Waals surface area contributed by atoms with Crippen molar-refractivity contribution in [1.29, 1.82) is 0 Å². The van der Waals surface area contributed by atoms with Crippen molar-refractivity contribution in [3.63, 3.8) is 0 Å². The van der Waals surface area contributed by atoms with Gasteiger partial charge in [0.1, 0.15) is 19.1 Å². The fraction of sp³-hybridized carbons (Fsp3) is 0.714. The summed E-state index contributed by atoms with van der Waals surface area (Å²) in [6.07, 6.45) is 5.33. The molecule has 0 fully saturated rings. The fourth-order valence-corrected chi connectivity index (χ4v) is 2.38. The van der Waals surface area contributed by atoms with E-state index in [0.29, 0.717) is 6.67 Å². The molecule has 1 atom stereocenters. The van der Waals surface area contributed by atoms with E-state index in [9.17, 15) is 0 Å². The van der Waals surface area contributed by atoms with Crippen LogP contribution in [0.5, 0.6) is 0 Å². The molecular weight excluding hydrogens is 245 g/mol. The fourth-order valence-electron chi connectivity index (χ4n) is 1.00. The lowest BCUT2D eigenvalue weighted by Gasteiger charge is -2.20. The average Bonchev–Trinajstić information content (AvgIpc) is 2.70. The van der Waals surface area contributed by atoms with Gasteiger partial charge in [0.15, 0.2) is 0 Å². The quantitative estimate of drug-likeness (QED) is 0.297. The molecule has 0 aliphatic rings. The molecule has 1 aromatic rings. The van der Waals surface area contributed by atoms with E-state index in [-0.39, 0.29) is 0 Å². The molecule has 0 radical (unpaired) electrons. The van der Waals surface area contributed by atoms with Gasteiger partial charge in [-0.2, -0.15) is 0 Å². The molecule has 1 heterocycles. The minimum atomic E-state index is -2.12. The molecule has 0 saturated carbocycles. The topological polar surface area (TPSA) is 92.8 Å². The van der Waals surface area contributed by atoms with Crippen molar-refractivity contribution >= 4 is 18.3 Å². The van der Waals surface area contributed by atoms with Crippen molar-refractivity contribution < 1.29 is 0 Å². The summed E-state index contributed by atoms with van der Waals surface area (Å²) in [7, 11) is 0. The van der Waals surface area contributed by atoms with Crippen molar-refractivity contribution in [2.45, 2.75) is 19.8 Å². The minimum absolute atomic E-state index is 0.477. The highest BCUT2D eigenvalue weighted by Crippen LogP contribution is 2.23. The standard InChI is InChI=1S/C7H18N7PS/c1-2-3-4-12-15(8,16)13-5-11-14-6-9-10-7-14/h6-7,11H,2-5H2,1H3,(H4,8,12,13,16). The summed E-state index contributed by atoms with van der Waals surface area (Å²) in [6.45, 7) is 1.33. The zero-order chi connectivity index (χ0) is 11.9. The number of rotatable bonds is 8. The van der Waals surface area contributed by atoms with Crippen molar-refractivity contribution in [2.75, 3.05) is 18.6 Å². The minimum Gasteiger partial charge on any atom is -0.309 e. The molecular formula is C7H18N7PS. The maximum atomic E-state index is 5.92. The van der Waals surface area contributed by atoms with Crippen LogP contribution in [0.25, 0.3) is 0 Å². The third kappa shape index (κ3) is 5.53. The highest BCUT2D eigenvalue weighted by atomic mass is 32.4. The maximum Gasteiger partial charge on any atom is 0.138 e. The number of aromatic nitrogens is 3. The van der Waals surface area contributed by atoms with E-state index in [0.717, 1.165) is 19.4 Å². The summed E-state index contributed by atoms with van der Waals surface area (Å²) in [5.41, 5.74) is 8.91. The van der Waals surface area contributed by atoms with Crippen LogP contribution < -0.4 is 21.1 Å². The van der Waals surface area contributed by atoms with Crippen LogP contribution >= 0.6 is 6.49 Å². The molecule has 1 unspecified atom stereocenters. The van der Waals surface area contributed by atoms with Crippen LogP contribution in [0, 0.1) is 0 Å². The van der Waals surface area contributed by atoms with E-state index < -0.39 is 6.49 Å². The van der Waals surface area contributed by atoms with Gasteiger partial charge in [-0.1, -0.05) is 13.3 Å². The van der Waals surface area contributed by atoms with Crippen LogP contribution in [0.3, 0.4) is 0 Å². The van der Waals surface area contributed by atoms with Gasteiger partial charge in [-0.05, 0) is 18.2 Å². The molecule has 1 aromatic heterocycles. The van der Waals surface area contributed by atoms with E-state index in [1.807, 2.05) is 0 Å². The summed E-state index contributed by atoms with van der Waals surface area (Å²) in [5.74, 6) is 0. The van der Waals surface area contributed by atoms with Gasteiger partial charge in [0, 0.05) is 6.54 Å². The smallest absolute Gasteiger partial charge is 0.138 e. The highest BCUT2D eigenvalue weighted by Gasteiger charge is 2.07. The van der Waals surface area contributed by atoms with Gasteiger partial charge in [-0.15, -0.1) is 10.2 Å². The van der Waals surface area contributed by atoms with Gasteiger partial charge in [0.2, 0.25) is 0 Å². The monoisotopic (exact) mass is 263 g/mol. The second kappa shape index (κ2) is 6.93. The molecule has 16 heavy (non-hydrogen) atoms. The summed E-state index contributed by atoms with van der Waals surface area (Å²) in [5, 5.41) is 13.5. The van der Waals surface area contributed by atoms with Crippen molar-refractivity contribution in [1.82, 2.24) is 25.0 Å². The predicted molar refractivity (Wildman–Crippen MR) is 68.8 cm³/mol. The molecule has 7 nitrogen and oxygen atoms in total. The van der Waals surface area contributed by atoms with Crippen LogP contribution in [0.1, 0.15) is 19.8 Å². The van der Waals surface area contributed by atoms with Crippen molar-refractivity contribution in [3.05, 3.63) is 12.7 Å². The SMILES string of the molecule is CCCCNP(N)(=S)NCNn1cnnc1. The Morgan fingerprint density at radius 3 is 2.69 bits per heavy atom. The zero-order valence-electron chi connectivity index (χ0n) is 9.26. The van der Waals surface area contributed by atoms with E-state index in [1.165, 1.54) is 0 Å². The number of nitrogens with two attached hydrogens (primary N) is 1. The Kier molecular flexibility index (Phi) is 5.86. The highest BCUT2D eigenvalue weighted by molar-refractivity contribution is 8.11. The van der Waals surface area contributed by atoms with Gasteiger partial charge in [0.25, 0.3) is 0 Å².